The SMILES string of the molecule is CC(C)(C)C1CCN(c2cccnc2C(=O)O)CC1. The molecule has 19 heavy (non-hydrogen) atoms. The predicted octanol–water partition coefficient (Wildman–Crippen LogP) is 3.04. The Morgan fingerprint density at radius 3 is 2.53 bits per heavy atom. The second kappa shape index (κ2) is 5.19. The molecule has 0 spiro atoms. The second-order valence-electron chi connectivity index (χ2n) is 6.30. The molecule has 0 saturated carbocycles. The fourth-order valence-corrected chi connectivity index (χ4v) is 2.80. The Balaban J connectivity index is 2.12. The Morgan fingerprint density at radius 1 is 1.37 bits per heavy atom. The topological polar surface area (TPSA) is 53.4 Å². The molecule has 0 aliphatic carbocycles. The van der Waals surface area contributed by atoms with Crippen LogP contribution in [0.5, 0.6) is 0 Å². The van der Waals surface area contributed by atoms with Crippen molar-refractivity contribution in [3.63, 3.8) is 0 Å². The standard InChI is InChI=1S/C15H22N2O2/c1-15(2,3)11-6-9-17(10-7-11)12-5-4-8-16-13(12)14(18)19/h4-5,8,11H,6-7,9-10H2,1-3H3,(H,18,19). The molecule has 1 aromatic rings. The lowest BCUT2D eigenvalue weighted by Gasteiger charge is -2.39. The van der Waals surface area contributed by atoms with Gasteiger partial charge in [-0.05, 0) is 36.3 Å². The van der Waals surface area contributed by atoms with E-state index in [-0.39, 0.29) is 5.69 Å². The summed E-state index contributed by atoms with van der Waals surface area (Å²) < 4.78 is 0. The molecule has 0 radical (unpaired) electrons. The van der Waals surface area contributed by atoms with Gasteiger partial charge in [-0.1, -0.05) is 20.8 Å². The van der Waals surface area contributed by atoms with E-state index >= 15 is 0 Å². The number of pyridine rings is 1. The lowest BCUT2D eigenvalue weighted by molar-refractivity contribution is 0.0691. The molecule has 1 N–H and O–H groups in total. The normalized spacial score (nSPS) is 17.5. The van der Waals surface area contributed by atoms with Gasteiger partial charge in [0, 0.05) is 19.3 Å². The van der Waals surface area contributed by atoms with Crippen LogP contribution in [0.3, 0.4) is 0 Å². The molecule has 1 saturated heterocycles. The number of anilines is 1. The fourth-order valence-electron chi connectivity index (χ4n) is 2.80. The van der Waals surface area contributed by atoms with Crippen molar-refractivity contribution in [2.75, 3.05) is 18.0 Å². The van der Waals surface area contributed by atoms with Gasteiger partial charge in [0.15, 0.2) is 5.69 Å². The highest BCUT2D eigenvalue weighted by atomic mass is 16.4. The molecular formula is C15H22N2O2. The zero-order valence-electron chi connectivity index (χ0n) is 11.9. The van der Waals surface area contributed by atoms with E-state index in [0.29, 0.717) is 11.3 Å². The van der Waals surface area contributed by atoms with Gasteiger partial charge in [-0.2, -0.15) is 0 Å². The summed E-state index contributed by atoms with van der Waals surface area (Å²) in [5.41, 5.74) is 1.25. The van der Waals surface area contributed by atoms with Crippen molar-refractivity contribution < 1.29 is 9.90 Å². The van der Waals surface area contributed by atoms with E-state index in [2.05, 4.69) is 30.7 Å². The first kappa shape index (κ1) is 13.8. The van der Waals surface area contributed by atoms with Crippen LogP contribution in [0.1, 0.15) is 44.1 Å². The van der Waals surface area contributed by atoms with E-state index in [1.807, 2.05) is 6.07 Å². The Morgan fingerprint density at radius 2 is 2.00 bits per heavy atom. The summed E-state index contributed by atoms with van der Waals surface area (Å²) in [6, 6.07) is 3.66. The molecule has 2 rings (SSSR count). The van der Waals surface area contributed by atoms with E-state index in [1.165, 1.54) is 6.20 Å². The summed E-state index contributed by atoms with van der Waals surface area (Å²) in [7, 11) is 0. The van der Waals surface area contributed by atoms with E-state index in [0.717, 1.165) is 31.6 Å². The van der Waals surface area contributed by atoms with Crippen LogP contribution in [0.2, 0.25) is 0 Å². The minimum Gasteiger partial charge on any atom is -0.476 e. The zero-order valence-corrected chi connectivity index (χ0v) is 11.9. The number of rotatable bonds is 2. The number of piperidine rings is 1. The number of carboxylic acids is 1. The molecule has 0 aromatic carbocycles. The number of aromatic nitrogens is 1. The summed E-state index contributed by atoms with van der Waals surface area (Å²) in [6.45, 7) is 8.65. The molecule has 4 heteroatoms. The van der Waals surface area contributed by atoms with Gasteiger partial charge < -0.3 is 10.0 Å². The molecule has 1 aliphatic rings. The first-order chi connectivity index (χ1) is 8.89. The van der Waals surface area contributed by atoms with E-state index in [9.17, 15) is 9.90 Å². The van der Waals surface area contributed by atoms with Crippen LogP contribution in [0, 0.1) is 11.3 Å². The Labute approximate surface area is 114 Å². The van der Waals surface area contributed by atoms with Crippen LogP contribution in [0.25, 0.3) is 0 Å². The molecule has 1 aliphatic heterocycles. The third kappa shape index (κ3) is 3.06. The highest BCUT2D eigenvalue weighted by Crippen LogP contribution is 2.35. The van der Waals surface area contributed by atoms with Gasteiger partial charge in [0.25, 0.3) is 0 Å². The van der Waals surface area contributed by atoms with E-state index in [4.69, 9.17) is 0 Å². The van der Waals surface area contributed by atoms with Crippen LogP contribution >= 0.6 is 0 Å². The van der Waals surface area contributed by atoms with Gasteiger partial charge in [-0.25, -0.2) is 9.78 Å². The van der Waals surface area contributed by atoms with Crippen LogP contribution < -0.4 is 4.90 Å². The Hall–Kier alpha value is -1.58. The Bertz CT molecular complexity index is 457. The lowest BCUT2D eigenvalue weighted by Crippen LogP contribution is -2.38. The first-order valence-corrected chi connectivity index (χ1v) is 6.83. The molecular weight excluding hydrogens is 240 g/mol. The second-order valence-corrected chi connectivity index (χ2v) is 6.30. The summed E-state index contributed by atoms with van der Waals surface area (Å²) in [5.74, 6) is -0.248. The maximum Gasteiger partial charge on any atom is 0.356 e. The molecule has 1 aromatic heterocycles. The van der Waals surface area contributed by atoms with Crippen LogP contribution in [-0.4, -0.2) is 29.1 Å². The number of aromatic carboxylic acids is 1. The number of hydrogen-bond donors (Lipinski definition) is 1. The minimum absolute atomic E-state index is 0.164. The maximum atomic E-state index is 11.2. The molecule has 0 bridgehead atoms. The van der Waals surface area contributed by atoms with Gasteiger partial charge in [0.2, 0.25) is 0 Å². The quantitative estimate of drug-likeness (QED) is 0.890. The van der Waals surface area contributed by atoms with Gasteiger partial charge in [0.05, 0.1) is 5.69 Å². The molecule has 1 fully saturated rings. The highest BCUT2D eigenvalue weighted by molar-refractivity contribution is 5.92. The van der Waals surface area contributed by atoms with Crippen LogP contribution in [-0.2, 0) is 0 Å². The minimum atomic E-state index is -0.950. The van der Waals surface area contributed by atoms with Gasteiger partial charge in [0.1, 0.15) is 0 Å². The van der Waals surface area contributed by atoms with Crippen molar-refractivity contribution in [2.45, 2.75) is 33.6 Å². The number of carboxylic acid groups (broad SMARTS) is 1. The van der Waals surface area contributed by atoms with Gasteiger partial charge in [-0.15, -0.1) is 0 Å². The number of carbonyl (C=O) groups is 1. The first-order valence-electron chi connectivity index (χ1n) is 6.83. The van der Waals surface area contributed by atoms with Crippen molar-refractivity contribution in [2.24, 2.45) is 11.3 Å². The summed E-state index contributed by atoms with van der Waals surface area (Å²) >= 11 is 0. The van der Waals surface area contributed by atoms with E-state index < -0.39 is 5.97 Å². The van der Waals surface area contributed by atoms with Gasteiger partial charge >= 0.3 is 5.97 Å². The molecule has 0 atom stereocenters. The summed E-state index contributed by atoms with van der Waals surface area (Å²) in [6.07, 6.45) is 3.75. The number of nitrogens with zero attached hydrogens (tertiary/aromatic N) is 2. The molecule has 4 nitrogen and oxygen atoms in total. The van der Waals surface area contributed by atoms with Crippen LogP contribution in [0.15, 0.2) is 18.3 Å². The molecule has 2 heterocycles. The maximum absolute atomic E-state index is 11.2. The molecule has 104 valence electrons. The van der Waals surface area contributed by atoms with Crippen molar-refractivity contribution >= 4 is 11.7 Å². The lowest BCUT2D eigenvalue weighted by atomic mass is 9.75. The smallest absolute Gasteiger partial charge is 0.356 e. The van der Waals surface area contributed by atoms with E-state index in [1.54, 1.807) is 6.07 Å². The average Bonchev–Trinajstić information content (AvgIpc) is 2.38. The van der Waals surface area contributed by atoms with Gasteiger partial charge in [-0.3, -0.25) is 0 Å². The third-order valence-corrected chi connectivity index (χ3v) is 4.05. The predicted molar refractivity (Wildman–Crippen MR) is 75.6 cm³/mol. The number of hydrogen-bond acceptors (Lipinski definition) is 3. The molecule has 0 unspecified atom stereocenters. The Kier molecular flexibility index (Phi) is 3.78. The summed E-state index contributed by atoms with van der Waals surface area (Å²) in [4.78, 5) is 17.3. The molecule has 0 amide bonds. The van der Waals surface area contributed by atoms with Crippen molar-refractivity contribution in [1.82, 2.24) is 4.98 Å². The highest BCUT2D eigenvalue weighted by Gasteiger charge is 2.30. The van der Waals surface area contributed by atoms with Crippen LogP contribution in [0.4, 0.5) is 5.69 Å². The summed E-state index contributed by atoms with van der Waals surface area (Å²) in [5, 5.41) is 9.19. The average molecular weight is 262 g/mol. The largest absolute Gasteiger partial charge is 0.476 e. The monoisotopic (exact) mass is 262 g/mol. The van der Waals surface area contributed by atoms with Crippen molar-refractivity contribution in [1.29, 1.82) is 0 Å². The fraction of sp³-hybridized carbons (Fsp3) is 0.600. The van der Waals surface area contributed by atoms with Crippen molar-refractivity contribution in [3.05, 3.63) is 24.0 Å². The zero-order chi connectivity index (χ0) is 14.0. The third-order valence-electron chi connectivity index (χ3n) is 4.05. The van der Waals surface area contributed by atoms with Crippen molar-refractivity contribution in [3.8, 4) is 0 Å².